The van der Waals surface area contributed by atoms with E-state index in [-0.39, 0.29) is 17.0 Å². The van der Waals surface area contributed by atoms with Gasteiger partial charge in [-0.1, -0.05) is 25.0 Å². The van der Waals surface area contributed by atoms with Crippen molar-refractivity contribution in [3.8, 4) is 0 Å². The number of carbonyl (C=O) groups is 4. The molecule has 6 N–H and O–H groups in total. The van der Waals surface area contributed by atoms with Gasteiger partial charge in [-0.3, -0.25) is 19.2 Å². The highest BCUT2D eigenvalue weighted by Gasteiger charge is 2.17. The fourth-order valence-electron chi connectivity index (χ4n) is 3.09. The van der Waals surface area contributed by atoms with Crippen LogP contribution in [0, 0.1) is 0 Å². The second-order valence-corrected chi connectivity index (χ2v) is 6.96. The first kappa shape index (κ1) is 22.6. The lowest BCUT2D eigenvalue weighted by Gasteiger charge is -2.20. The molecular formula is C22H26N4O4. The standard InChI is InChI=1S/C14H18N2O2.C8H8N2O2/c15-13(17)11-6-5-7-12(10-11)14(18)16-8-3-1-2-4-9-16;9-7(11)5-2-1-3-6(4-5)8(10)12/h5-7,10H,1-4,8-9H2,(H2,15,17);1-4H,(H2,9,11)(H2,10,12). The summed E-state index contributed by atoms with van der Waals surface area (Å²) >= 11 is 0. The molecule has 30 heavy (non-hydrogen) atoms. The van der Waals surface area contributed by atoms with E-state index in [0.29, 0.717) is 11.1 Å². The van der Waals surface area contributed by atoms with Crippen molar-refractivity contribution in [1.82, 2.24) is 4.90 Å². The van der Waals surface area contributed by atoms with Gasteiger partial charge in [0.25, 0.3) is 5.91 Å². The van der Waals surface area contributed by atoms with Crippen LogP contribution in [0.25, 0.3) is 0 Å². The minimum atomic E-state index is -0.571. The molecule has 0 radical (unpaired) electrons. The molecule has 158 valence electrons. The van der Waals surface area contributed by atoms with Crippen LogP contribution in [0.15, 0.2) is 48.5 Å². The Morgan fingerprint density at radius 3 is 1.37 bits per heavy atom. The van der Waals surface area contributed by atoms with Crippen LogP contribution < -0.4 is 17.2 Å². The van der Waals surface area contributed by atoms with Crippen LogP contribution >= 0.6 is 0 Å². The summed E-state index contributed by atoms with van der Waals surface area (Å²) in [6, 6.07) is 12.6. The number of benzene rings is 2. The molecule has 0 bridgehead atoms. The predicted molar refractivity (Wildman–Crippen MR) is 113 cm³/mol. The minimum Gasteiger partial charge on any atom is -0.366 e. The predicted octanol–water partition coefficient (Wildman–Crippen LogP) is 1.69. The molecule has 0 aromatic heterocycles. The molecule has 1 saturated heterocycles. The summed E-state index contributed by atoms with van der Waals surface area (Å²) in [4.78, 5) is 46.6. The second kappa shape index (κ2) is 10.8. The van der Waals surface area contributed by atoms with Gasteiger partial charge in [-0.2, -0.15) is 0 Å². The van der Waals surface area contributed by atoms with E-state index in [2.05, 4.69) is 0 Å². The van der Waals surface area contributed by atoms with Crippen LogP contribution in [-0.4, -0.2) is 41.6 Å². The van der Waals surface area contributed by atoms with E-state index in [1.807, 2.05) is 4.90 Å². The molecule has 1 aliphatic heterocycles. The van der Waals surface area contributed by atoms with Crippen molar-refractivity contribution in [2.75, 3.05) is 13.1 Å². The van der Waals surface area contributed by atoms with Crippen LogP contribution in [0.3, 0.4) is 0 Å². The molecule has 0 spiro atoms. The number of rotatable bonds is 4. The maximum absolute atomic E-state index is 12.3. The summed E-state index contributed by atoms with van der Waals surface area (Å²) < 4.78 is 0. The van der Waals surface area contributed by atoms with Gasteiger partial charge in [0.1, 0.15) is 0 Å². The number of hydrogen-bond donors (Lipinski definition) is 3. The zero-order valence-electron chi connectivity index (χ0n) is 16.7. The van der Waals surface area contributed by atoms with Crippen molar-refractivity contribution in [2.24, 2.45) is 17.2 Å². The molecule has 8 heteroatoms. The quantitative estimate of drug-likeness (QED) is 0.703. The van der Waals surface area contributed by atoms with Crippen LogP contribution in [0.2, 0.25) is 0 Å². The van der Waals surface area contributed by atoms with Gasteiger partial charge in [-0.25, -0.2) is 0 Å². The van der Waals surface area contributed by atoms with E-state index in [1.165, 1.54) is 31.0 Å². The normalized spacial score (nSPS) is 13.4. The third kappa shape index (κ3) is 6.44. The summed E-state index contributed by atoms with van der Waals surface area (Å²) in [6.45, 7) is 1.61. The average molecular weight is 410 g/mol. The number of amides is 4. The van der Waals surface area contributed by atoms with Crippen LogP contribution in [-0.2, 0) is 0 Å². The van der Waals surface area contributed by atoms with Gasteiger partial charge in [-0.05, 0) is 49.2 Å². The number of carbonyl (C=O) groups excluding carboxylic acids is 4. The summed E-state index contributed by atoms with van der Waals surface area (Å²) in [5.74, 6) is -1.64. The van der Waals surface area contributed by atoms with E-state index in [4.69, 9.17) is 17.2 Å². The van der Waals surface area contributed by atoms with Crippen LogP contribution in [0.5, 0.6) is 0 Å². The molecule has 1 aliphatic rings. The van der Waals surface area contributed by atoms with Crippen LogP contribution in [0.4, 0.5) is 0 Å². The number of nitrogens with zero attached hydrogens (tertiary/aromatic N) is 1. The highest BCUT2D eigenvalue weighted by Crippen LogP contribution is 2.14. The second-order valence-electron chi connectivity index (χ2n) is 6.96. The van der Waals surface area contributed by atoms with Crippen LogP contribution in [0.1, 0.15) is 67.1 Å². The highest BCUT2D eigenvalue weighted by atomic mass is 16.2. The Kier molecular flexibility index (Phi) is 8.10. The van der Waals surface area contributed by atoms with Gasteiger partial charge < -0.3 is 22.1 Å². The monoisotopic (exact) mass is 410 g/mol. The van der Waals surface area contributed by atoms with Gasteiger partial charge in [-0.15, -0.1) is 0 Å². The van der Waals surface area contributed by atoms with Gasteiger partial charge >= 0.3 is 0 Å². The maximum atomic E-state index is 12.3. The van der Waals surface area contributed by atoms with Crippen molar-refractivity contribution < 1.29 is 19.2 Å². The average Bonchev–Trinajstić information content (AvgIpc) is 3.03. The Labute approximate surface area is 175 Å². The molecule has 2 aromatic rings. The molecule has 0 saturated carbocycles. The number of nitrogens with two attached hydrogens (primary N) is 3. The molecule has 0 aliphatic carbocycles. The Morgan fingerprint density at radius 2 is 0.967 bits per heavy atom. The topological polar surface area (TPSA) is 150 Å². The van der Waals surface area contributed by atoms with E-state index < -0.39 is 17.7 Å². The third-order valence-corrected chi connectivity index (χ3v) is 4.72. The van der Waals surface area contributed by atoms with E-state index >= 15 is 0 Å². The first-order valence-electron chi connectivity index (χ1n) is 9.68. The Bertz CT molecular complexity index is 905. The summed E-state index contributed by atoms with van der Waals surface area (Å²) in [6.07, 6.45) is 4.48. The number of hydrogen-bond acceptors (Lipinski definition) is 4. The zero-order valence-corrected chi connectivity index (χ0v) is 16.7. The first-order chi connectivity index (χ1) is 14.3. The summed E-state index contributed by atoms with van der Waals surface area (Å²) in [5.41, 5.74) is 16.7. The fourth-order valence-corrected chi connectivity index (χ4v) is 3.09. The molecular weight excluding hydrogens is 384 g/mol. The van der Waals surface area contributed by atoms with Crippen molar-refractivity contribution in [3.05, 3.63) is 70.8 Å². The van der Waals surface area contributed by atoms with Crippen molar-refractivity contribution in [1.29, 1.82) is 0 Å². The third-order valence-electron chi connectivity index (χ3n) is 4.72. The molecule has 2 aromatic carbocycles. The van der Waals surface area contributed by atoms with Crippen molar-refractivity contribution in [2.45, 2.75) is 25.7 Å². The highest BCUT2D eigenvalue weighted by molar-refractivity contribution is 5.99. The van der Waals surface area contributed by atoms with Crippen molar-refractivity contribution in [3.63, 3.8) is 0 Å². The van der Waals surface area contributed by atoms with Crippen molar-refractivity contribution >= 4 is 23.6 Å². The lowest BCUT2D eigenvalue weighted by molar-refractivity contribution is 0.0761. The van der Waals surface area contributed by atoms with E-state index in [1.54, 1.807) is 30.3 Å². The Morgan fingerprint density at radius 1 is 0.600 bits per heavy atom. The smallest absolute Gasteiger partial charge is 0.253 e. The Balaban J connectivity index is 0.000000232. The lowest BCUT2D eigenvalue weighted by Crippen LogP contribution is -2.32. The van der Waals surface area contributed by atoms with Gasteiger partial charge in [0.15, 0.2) is 0 Å². The Hall–Kier alpha value is -3.68. The fraction of sp³-hybridized carbons (Fsp3) is 0.273. The molecule has 0 unspecified atom stereocenters. The molecule has 3 rings (SSSR count). The zero-order chi connectivity index (χ0) is 22.1. The molecule has 1 fully saturated rings. The SMILES string of the molecule is NC(=O)c1cccc(C(=O)N2CCCCCC2)c1.NC(=O)c1cccc(C(N)=O)c1. The first-order valence-corrected chi connectivity index (χ1v) is 9.68. The van der Waals surface area contributed by atoms with E-state index in [0.717, 1.165) is 25.9 Å². The number of likely N-dealkylation sites (tertiary alicyclic amines) is 1. The lowest BCUT2D eigenvalue weighted by atomic mass is 10.1. The molecule has 1 heterocycles. The van der Waals surface area contributed by atoms with Gasteiger partial charge in [0, 0.05) is 35.3 Å². The summed E-state index contributed by atoms with van der Waals surface area (Å²) in [7, 11) is 0. The molecule has 4 amide bonds. The van der Waals surface area contributed by atoms with E-state index in [9.17, 15) is 19.2 Å². The molecule has 8 nitrogen and oxygen atoms in total. The van der Waals surface area contributed by atoms with Gasteiger partial charge in [0.05, 0.1) is 0 Å². The largest absolute Gasteiger partial charge is 0.366 e. The minimum absolute atomic E-state index is 0.000000000000000444. The number of primary amides is 3. The summed E-state index contributed by atoms with van der Waals surface area (Å²) in [5, 5.41) is 0. The van der Waals surface area contributed by atoms with Gasteiger partial charge in [0.2, 0.25) is 17.7 Å². The molecule has 0 atom stereocenters. The maximum Gasteiger partial charge on any atom is 0.253 e.